The fourth-order valence-corrected chi connectivity index (χ4v) is 8.05. The van der Waals surface area contributed by atoms with E-state index >= 15 is 0 Å². The first-order valence-electron chi connectivity index (χ1n) is 15.1. The first-order valence-corrected chi connectivity index (χ1v) is 17.2. The standard InChI is InChI=1S/C34H37ClF3N5O4S/c1-42(2)27-18-23(22-7-6-8-25(17-22)34(36,37)38)10-12-28(27)47-32-14-13-30(33(35)41-32)48(5,44)43(31-15-16-39-21-40-31)20-24-9-11-26(45-3)19-29(24)46-4/h6-9,11,13-17,19,21,23,27-28H,5,10,12,18,20H2,1-4H3/t23-,27-,28-,48?/m0/s1. The molecule has 5 rings (SSSR count). The number of ether oxygens (including phenoxy) is 3. The number of nitrogens with zero attached hydrogens (tertiary/aromatic N) is 5. The molecule has 0 N–H and O–H groups in total. The van der Waals surface area contributed by atoms with Gasteiger partial charge in [-0.3, -0.25) is 4.31 Å². The average molecular weight is 704 g/mol. The van der Waals surface area contributed by atoms with Gasteiger partial charge in [0.15, 0.2) is 0 Å². The van der Waals surface area contributed by atoms with Crippen LogP contribution in [0.15, 0.2) is 78.1 Å². The van der Waals surface area contributed by atoms with Crippen LogP contribution in [0, 0.1) is 0 Å². The molecule has 0 spiro atoms. The number of likely N-dealkylation sites (N-methyl/N-ethyl adjacent to an activating group) is 1. The summed E-state index contributed by atoms with van der Waals surface area (Å²) < 4.78 is 73.5. The molecule has 256 valence electrons. The minimum absolute atomic E-state index is 0.0488. The van der Waals surface area contributed by atoms with E-state index in [0.29, 0.717) is 47.7 Å². The predicted molar refractivity (Wildman–Crippen MR) is 180 cm³/mol. The molecule has 14 heteroatoms. The zero-order chi connectivity index (χ0) is 34.6. The van der Waals surface area contributed by atoms with Crippen molar-refractivity contribution in [3.63, 3.8) is 0 Å². The largest absolute Gasteiger partial charge is 0.497 e. The molecule has 9 nitrogen and oxygen atoms in total. The Morgan fingerprint density at radius 1 is 1.04 bits per heavy atom. The summed E-state index contributed by atoms with van der Waals surface area (Å²) >= 11 is 6.70. The smallest absolute Gasteiger partial charge is 0.416 e. The molecule has 1 aliphatic rings. The molecule has 2 heterocycles. The predicted octanol–water partition coefficient (Wildman–Crippen LogP) is 6.90. The number of aromatic nitrogens is 3. The summed E-state index contributed by atoms with van der Waals surface area (Å²) in [4.78, 5) is 15.0. The summed E-state index contributed by atoms with van der Waals surface area (Å²) in [5, 5.41) is -0.0488. The Labute approximate surface area is 283 Å². The number of hydrogen-bond acceptors (Lipinski definition) is 8. The summed E-state index contributed by atoms with van der Waals surface area (Å²) in [6, 6.07) is 15.5. The monoisotopic (exact) mass is 703 g/mol. The molecule has 1 unspecified atom stereocenters. The molecule has 4 aromatic rings. The molecular formula is C34H37ClF3N5O4S. The maximum Gasteiger partial charge on any atom is 0.416 e. The fourth-order valence-electron chi connectivity index (χ4n) is 5.96. The van der Waals surface area contributed by atoms with Gasteiger partial charge in [0, 0.05) is 29.9 Å². The quantitative estimate of drug-likeness (QED) is 0.123. The van der Waals surface area contributed by atoms with Gasteiger partial charge in [-0.05, 0) is 81.0 Å². The van der Waals surface area contributed by atoms with Gasteiger partial charge in [-0.25, -0.2) is 19.2 Å². The second-order valence-corrected chi connectivity index (χ2v) is 14.2. The summed E-state index contributed by atoms with van der Waals surface area (Å²) in [7, 11) is 3.58. The first-order chi connectivity index (χ1) is 22.8. The summed E-state index contributed by atoms with van der Waals surface area (Å²) in [5.74, 6) is 5.73. The number of pyridine rings is 1. The second-order valence-electron chi connectivity index (χ2n) is 11.7. The van der Waals surface area contributed by atoms with Crippen molar-refractivity contribution in [2.75, 3.05) is 32.6 Å². The zero-order valence-electron chi connectivity index (χ0n) is 27.0. The van der Waals surface area contributed by atoms with E-state index in [9.17, 15) is 17.4 Å². The van der Waals surface area contributed by atoms with Crippen LogP contribution in [0.2, 0.25) is 5.15 Å². The minimum Gasteiger partial charge on any atom is -0.497 e. The van der Waals surface area contributed by atoms with Gasteiger partial charge in [0.1, 0.15) is 34.9 Å². The molecule has 1 saturated carbocycles. The lowest BCUT2D eigenvalue weighted by molar-refractivity contribution is -0.137. The van der Waals surface area contributed by atoms with Gasteiger partial charge in [0.05, 0.1) is 40.9 Å². The molecule has 0 amide bonds. The average Bonchev–Trinajstić information content (AvgIpc) is 3.07. The van der Waals surface area contributed by atoms with Crippen LogP contribution in [0.25, 0.3) is 0 Å². The number of rotatable bonds is 11. The van der Waals surface area contributed by atoms with Crippen LogP contribution in [-0.2, 0) is 22.4 Å². The Bertz CT molecular complexity index is 1830. The molecule has 4 atom stereocenters. The Kier molecular flexibility index (Phi) is 10.7. The van der Waals surface area contributed by atoms with Crippen molar-refractivity contribution in [2.24, 2.45) is 0 Å². The first kappa shape index (κ1) is 35.2. The van der Waals surface area contributed by atoms with Crippen molar-refractivity contribution in [1.82, 2.24) is 19.9 Å². The van der Waals surface area contributed by atoms with E-state index in [1.54, 1.807) is 49.6 Å². The molecule has 0 saturated heterocycles. The third kappa shape index (κ3) is 7.79. The topological polar surface area (TPSA) is 89.9 Å². The van der Waals surface area contributed by atoms with Gasteiger partial charge in [0.2, 0.25) is 5.88 Å². The van der Waals surface area contributed by atoms with E-state index in [1.807, 2.05) is 19.0 Å². The van der Waals surface area contributed by atoms with Crippen molar-refractivity contribution in [2.45, 2.75) is 54.9 Å². The number of benzene rings is 2. The van der Waals surface area contributed by atoms with Gasteiger partial charge in [-0.2, -0.15) is 13.2 Å². The van der Waals surface area contributed by atoms with Crippen LogP contribution < -0.4 is 18.5 Å². The van der Waals surface area contributed by atoms with Crippen LogP contribution in [-0.4, -0.2) is 70.4 Å². The second kappa shape index (κ2) is 14.6. The van der Waals surface area contributed by atoms with Crippen molar-refractivity contribution in [3.8, 4) is 17.4 Å². The van der Waals surface area contributed by atoms with Crippen LogP contribution >= 0.6 is 11.6 Å². The van der Waals surface area contributed by atoms with Gasteiger partial charge in [-0.1, -0.05) is 29.8 Å². The van der Waals surface area contributed by atoms with Gasteiger partial charge >= 0.3 is 6.18 Å². The Hall–Kier alpha value is -4.07. The number of alkyl halides is 3. The van der Waals surface area contributed by atoms with Crippen LogP contribution in [0.3, 0.4) is 0 Å². The zero-order valence-corrected chi connectivity index (χ0v) is 28.6. The minimum atomic E-state index is -4.40. The van der Waals surface area contributed by atoms with Gasteiger partial charge in [-0.15, -0.1) is 0 Å². The Balaban J connectivity index is 1.38. The molecule has 1 fully saturated rings. The highest BCUT2D eigenvalue weighted by molar-refractivity contribution is 8.01. The maximum absolute atomic E-state index is 14.6. The lowest BCUT2D eigenvalue weighted by Crippen LogP contribution is -2.46. The summed E-state index contributed by atoms with van der Waals surface area (Å²) in [6.07, 6.45) is -0.000762. The molecule has 48 heavy (non-hydrogen) atoms. The normalized spacial score (nSPS) is 19.4. The van der Waals surface area contributed by atoms with Crippen molar-refractivity contribution < 1.29 is 31.6 Å². The van der Waals surface area contributed by atoms with E-state index < -0.39 is 21.4 Å². The lowest BCUT2D eigenvalue weighted by atomic mass is 9.79. The van der Waals surface area contributed by atoms with Crippen LogP contribution in [0.1, 0.15) is 41.9 Å². The van der Waals surface area contributed by atoms with Crippen LogP contribution in [0.5, 0.6) is 17.4 Å². The van der Waals surface area contributed by atoms with E-state index in [4.69, 9.17) is 25.8 Å². The molecule has 2 aromatic carbocycles. The van der Waals surface area contributed by atoms with E-state index in [2.05, 4.69) is 20.8 Å². The molecular weight excluding hydrogens is 667 g/mol. The third-order valence-corrected chi connectivity index (χ3v) is 10.9. The SMILES string of the molecule is C=S(=O)(c1ccc(O[C@H]2CC[C@H](c3cccc(C(F)(F)F)c3)C[C@@H]2N(C)C)nc1Cl)N(Cc1ccc(OC)cc1OC)c1ccncn1. The molecule has 2 aromatic heterocycles. The molecule has 0 aliphatic heterocycles. The van der Waals surface area contributed by atoms with Crippen molar-refractivity contribution >= 4 is 33.0 Å². The molecule has 1 aliphatic carbocycles. The Morgan fingerprint density at radius 2 is 1.83 bits per heavy atom. The number of methoxy groups -OCH3 is 2. The number of halogens is 4. The molecule has 0 bridgehead atoms. The fraction of sp³-hybridized carbons (Fsp3) is 0.353. The molecule has 0 radical (unpaired) electrons. The number of anilines is 1. The summed E-state index contributed by atoms with van der Waals surface area (Å²) in [5.41, 5.74) is 0.709. The van der Waals surface area contributed by atoms with Crippen molar-refractivity contribution in [1.29, 1.82) is 0 Å². The van der Waals surface area contributed by atoms with E-state index in [0.717, 1.165) is 6.07 Å². The van der Waals surface area contributed by atoms with E-state index in [-0.39, 0.29) is 40.5 Å². The van der Waals surface area contributed by atoms with Crippen molar-refractivity contribution in [3.05, 3.63) is 95.0 Å². The van der Waals surface area contributed by atoms with Crippen LogP contribution in [0.4, 0.5) is 19.0 Å². The maximum atomic E-state index is 14.6. The summed E-state index contributed by atoms with van der Waals surface area (Å²) in [6.45, 7) is 0.0979. The lowest BCUT2D eigenvalue weighted by Gasteiger charge is -2.39. The highest BCUT2D eigenvalue weighted by atomic mass is 35.5. The highest BCUT2D eigenvalue weighted by Gasteiger charge is 2.36. The van der Waals surface area contributed by atoms with Gasteiger partial charge < -0.3 is 19.1 Å². The highest BCUT2D eigenvalue weighted by Crippen LogP contribution is 2.39. The Morgan fingerprint density at radius 3 is 2.48 bits per heavy atom. The van der Waals surface area contributed by atoms with E-state index in [1.165, 1.54) is 36.1 Å². The number of hydrogen-bond donors (Lipinski definition) is 0. The van der Waals surface area contributed by atoms with Gasteiger partial charge in [0.25, 0.3) is 0 Å². The third-order valence-electron chi connectivity index (χ3n) is 8.49.